The van der Waals surface area contributed by atoms with Crippen LogP contribution in [-0.2, 0) is 6.54 Å². The van der Waals surface area contributed by atoms with Gasteiger partial charge in [-0.2, -0.15) is 11.8 Å². The van der Waals surface area contributed by atoms with Crippen LogP contribution in [0.15, 0.2) is 54.6 Å². The Morgan fingerprint density at radius 2 is 1.73 bits per heavy atom. The molecule has 0 spiro atoms. The average molecular weight is 386 g/mol. The monoisotopic (exact) mass is 385 g/mol. The first-order chi connectivity index (χ1) is 12.8. The molecule has 0 amide bonds. The van der Waals surface area contributed by atoms with Crippen LogP contribution in [0.2, 0.25) is 5.02 Å². The Morgan fingerprint density at radius 3 is 2.46 bits per heavy atom. The molecular weight excluding hydrogens is 366 g/mol. The number of hydrogen-bond acceptors (Lipinski definition) is 5. The summed E-state index contributed by atoms with van der Waals surface area (Å²) in [5, 5.41) is 13.4. The van der Waals surface area contributed by atoms with Crippen LogP contribution < -0.4 is 0 Å². The lowest BCUT2D eigenvalue weighted by Gasteiger charge is -2.33. The smallest absolute Gasteiger partial charge is 0.173 e. The molecule has 1 aliphatic heterocycles. The van der Waals surface area contributed by atoms with E-state index in [0.717, 1.165) is 35.4 Å². The van der Waals surface area contributed by atoms with Gasteiger partial charge in [0.1, 0.15) is 0 Å². The molecule has 4 rings (SSSR count). The van der Waals surface area contributed by atoms with Gasteiger partial charge in [0.05, 0.1) is 12.6 Å². The molecule has 5 nitrogen and oxygen atoms in total. The van der Waals surface area contributed by atoms with Gasteiger partial charge in [-0.1, -0.05) is 54.1 Å². The van der Waals surface area contributed by atoms with Crippen molar-refractivity contribution in [3.63, 3.8) is 0 Å². The van der Waals surface area contributed by atoms with Crippen molar-refractivity contribution < 1.29 is 0 Å². The number of rotatable bonds is 5. The van der Waals surface area contributed by atoms with Gasteiger partial charge in [0.25, 0.3) is 0 Å². The Balaban J connectivity index is 1.70. The van der Waals surface area contributed by atoms with Crippen molar-refractivity contribution in [1.82, 2.24) is 25.1 Å². The fraction of sp³-hybridized carbons (Fsp3) is 0.316. The Bertz CT molecular complexity index is 831. The Labute approximate surface area is 162 Å². The van der Waals surface area contributed by atoms with Crippen LogP contribution in [0, 0.1) is 0 Å². The van der Waals surface area contributed by atoms with E-state index in [1.54, 1.807) is 0 Å². The molecule has 0 N–H and O–H groups in total. The summed E-state index contributed by atoms with van der Waals surface area (Å²) in [4.78, 5) is 2.47. The van der Waals surface area contributed by atoms with Crippen LogP contribution in [0.3, 0.4) is 0 Å². The third kappa shape index (κ3) is 3.92. The third-order valence-corrected chi connectivity index (χ3v) is 5.77. The molecule has 1 atom stereocenters. The lowest BCUT2D eigenvalue weighted by molar-refractivity contribution is 0.235. The quantitative estimate of drug-likeness (QED) is 0.672. The van der Waals surface area contributed by atoms with Gasteiger partial charge >= 0.3 is 0 Å². The van der Waals surface area contributed by atoms with Crippen LogP contribution >= 0.6 is 23.4 Å². The van der Waals surface area contributed by atoms with Crippen LogP contribution in [0.5, 0.6) is 0 Å². The summed E-state index contributed by atoms with van der Waals surface area (Å²) in [6.07, 6.45) is 0. The average Bonchev–Trinajstić information content (AvgIpc) is 3.13. The van der Waals surface area contributed by atoms with Gasteiger partial charge in [0.2, 0.25) is 0 Å². The second kappa shape index (κ2) is 8.20. The predicted molar refractivity (Wildman–Crippen MR) is 106 cm³/mol. The topological polar surface area (TPSA) is 46.8 Å². The Kier molecular flexibility index (Phi) is 5.53. The Morgan fingerprint density at radius 1 is 1.00 bits per heavy atom. The van der Waals surface area contributed by atoms with E-state index in [9.17, 15) is 0 Å². The first-order valence-electron chi connectivity index (χ1n) is 8.68. The maximum absolute atomic E-state index is 6.10. The van der Waals surface area contributed by atoms with Crippen molar-refractivity contribution in [3.8, 4) is 0 Å². The van der Waals surface area contributed by atoms with Gasteiger partial charge in [-0.05, 0) is 33.7 Å². The molecule has 0 bridgehead atoms. The zero-order valence-corrected chi connectivity index (χ0v) is 15.9. The molecule has 7 heteroatoms. The van der Waals surface area contributed by atoms with E-state index in [2.05, 4.69) is 44.7 Å². The molecule has 2 heterocycles. The minimum absolute atomic E-state index is 0.0341. The number of hydrogen-bond donors (Lipinski definition) is 0. The van der Waals surface area contributed by atoms with Crippen molar-refractivity contribution in [1.29, 1.82) is 0 Å². The molecule has 26 heavy (non-hydrogen) atoms. The zero-order chi connectivity index (χ0) is 17.8. The number of thioether (sulfide) groups is 1. The van der Waals surface area contributed by atoms with Crippen LogP contribution in [0.1, 0.15) is 23.0 Å². The molecule has 3 aromatic rings. The van der Waals surface area contributed by atoms with Crippen LogP contribution in [-0.4, -0.2) is 49.7 Å². The molecule has 1 aromatic heterocycles. The SMILES string of the molecule is Clc1ccc(C(c2nnnn2Cc2ccccc2)N2CCSCC2)cc1. The van der Waals surface area contributed by atoms with Gasteiger partial charge in [0, 0.05) is 29.6 Å². The summed E-state index contributed by atoms with van der Waals surface area (Å²) >= 11 is 8.10. The summed E-state index contributed by atoms with van der Waals surface area (Å²) in [6.45, 7) is 2.71. The summed E-state index contributed by atoms with van der Waals surface area (Å²) in [6, 6.07) is 18.4. The summed E-state index contributed by atoms with van der Waals surface area (Å²) < 4.78 is 1.91. The largest absolute Gasteiger partial charge is 0.288 e. The van der Waals surface area contributed by atoms with Gasteiger partial charge in [-0.15, -0.1) is 5.10 Å². The van der Waals surface area contributed by atoms with Gasteiger partial charge in [0.15, 0.2) is 5.82 Å². The van der Waals surface area contributed by atoms with E-state index in [4.69, 9.17) is 11.6 Å². The van der Waals surface area contributed by atoms with Gasteiger partial charge < -0.3 is 0 Å². The predicted octanol–water partition coefficient (Wildman–Crippen LogP) is 3.51. The highest BCUT2D eigenvalue weighted by Crippen LogP contribution is 2.30. The fourth-order valence-electron chi connectivity index (χ4n) is 3.28. The van der Waals surface area contributed by atoms with Crippen molar-refractivity contribution in [2.24, 2.45) is 0 Å². The van der Waals surface area contributed by atoms with E-state index in [1.807, 2.05) is 46.8 Å². The van der Waals surface area contributed by atoms with E-state index >= 15 is 0 Å². The molecule has 2 aromatic carbocycles. The molecule has 0 radical (unpaired) electrons. The van der Waals surface area contributed by atoms with Gasteiger partial charge in [-0.25, -0.2) is 4.68 Å². The van der Waals surface area contributed by atoms with E-state index in [1.165, 1.54) is 11.1 Å². The third-order valence-electron chi connectivity index (χ3n) is 4.58. The number of aromatic nitrogens is 4. The number of benzene rings is 2. The van der Waals surface area contributed by atoms with Crippen molar-refractivity contribution >= 4 is 23.4 Å². The standard InChI is InChI=1S/C19H20ClN5S/c20-17-8-6-16(7-9-17)18(24-10-12-26-13-11-24)19-21-22-23-25(19)14-15-4-2-1-3-5-15/h1-9,18H,10-14H2. The Hall–Kier alpha value is -1.89. The minimum Gasteiger partial charge on any atom is -0.288 e. The highest BCUT2D eigenvalue weighted by atomic mass is 35.5. The summed E-state index contributed by atoms with van der Waals surface area (Å²) in [7, 11) is 0. The van der Waals surface area contributed by atoms with E-state index in [-0.39, 0.29) is 6.04 Å². The van der Waals surface area contributed by atoms with Crippen molar-refractivity contribution in [2.75, 3.05) is 24.6 Å². The molecule has 134 valence electrons. The van der Waals surface area contributed by atoms with Crippen LogP contribution in [0.25, 0.3) is 0 Å². The molecule has 1 aliphatic rings. The molecule has 0 aliphatic carbocycles. The second-order valence-corrected chi connectivity index (χ2v) is 7.94. The lowest BCUT2D eigenvalue weighted by Crippen LogP contribution is -2.38. The molecule has 1 fully saturated rings. The van der Waals surface area contributed by atoms with Crippen LogP contribution in [0.4, 0.5) is 0 Å². The van der Waals surface area contributed by atoms with Gasteiger partial charge in [-0.3, -0.25) is 4.90 Å². The van der Waals surface area contributed by atoms with Crippen molar-refractivity contribution in [3.05, 3.63) is 76.6 Å². The maximum Gasteiger partial charge on any atom is 0.173 e. The summed E-state index contributed by atoms with van der Waals surface area (Å²) in [5.41, 5.74) is 2.36. The number of halogens is 1. The molecule has 1 unspecified atom stereocenters. The molecular formula is C19H20ClN5S. The molecule has 0 saturated carbocycles. The van der Waals surface area contributed by atoms with E-state index < -0.39 is 0 Å². The second-order valence-electron chi connectivity index (χ2n) is 6.28. The van der Waals surface area contributed by atoms with Crippen molar-refractivity contribution in [2.45, 2.75) is 12.6 Å². The first-order valence-corrected chi connectivity index (χ1v) is 10.2. The van der Waals surface area contributed by atoms with E-state index in [0.29, 0.717) is 6.54 Å². The zero-order valence-electron chi connectivity index (χ0n) is 14.3. The highest BCUT2D eigenvalue weighted by Gasteiger charge is 2.29. The lowest BCUT2D eigenvalue weighted by atomic mass is 10.0. The first kappa shape index (κ1) is 17.5. The maximum atomic E-state index is 6.10. The number of tetrazole rings is 1. The highest BCUT2D eigenvalue weighted by molar-refractivity contribution is 7.99. The summed E-state index contributed by atoms with van der Waals surface area (Å²) in [5.74, 6) is 3.14. The minimum atomic E-state index is 0.0341. The number of nitrogens with zero attached hydrogens (tertiary/aromatic N) is 5. The molecule has 1 saturated heterocycles. The fourth-order valence-corrected chi connectivity index (χ4v) is 4.34. The normalized spacial score (nSPS) is 16.5.